The summed E-state index contributed by atoms with van der Waals surface area (Å²) in [5, 5.41) is 5.79. The Hall–Kier alpha value is -3.05. The van der Waals surface area contributed by atoms with Gasteiger partial charge in [-0.25, -0.2) is 13.2 Å². The number of nitrogens with one attached hydrogen (secondary N) is 1. The van der Waals surface area contributed by atoms with Crippen LogP contribution in [0.1, 0.15) is 52.1 Å². The molecule has 1 heterocycles. The Morgan fingerprint density at radius 1 is 1.23 bits per heavy atom. The number of rotatable bonds is 5. The Balaban J connectivity index is 1.86. The normalized spacial score (nSPS) is 16.8. The highest BCUT2D eigenvalue weighted by atomic mass is 19.4. The number of benzene rings is 1. The van der Waals surface area contributed by atoms with Gasteiger partial charge in [-0.2, -0.15) is 18.3 Å². The van der Waals surface area contributed by atoms with Crippen LogP contribution in [-0.2, 0) is 12.7 Å². The van der Waals surface area contributed by atoms with E-state index in [1.54, 1.807) is 0 Å². The largest absolute Gasteiger partial charge is 0.420 e. The lowest BCUT2D eigenvalue weighted by molar-refractivity contribution is -0.138. The summed E-state index contributed by atoms with van der Waals surface area (Å²) < 4.78 is 81.6. The van der Waals surface area contributed by atoms with Crippen molar-refractivity contribution in [3.8, 4) is 0 Å². The number of anilines is 1. The predicted molar refractivity (Wildman–Crippen MR) is 97.0 cm³/mol. The minimum absolute atomic E-state index is 0.0784. The summed E-state index contributed by atoms with van der Waals surface area (Å²) in [6.45, 7) is -0.149. The lowest BCUT2D eigenvalue weighted by Gasteiger charge is -2.28. The quantitative estimate of drug-likeness (QED) is 0.672. The summed E-state index contributed by atoms with van der Waals surface area (Å²) in [6, 6.07) is 2.84. The maximum absolute atomic E-state index is 13.9. The van der Waals surface area contributed by atoms with Gasteiger partial charge in [0.1, 0.15) is 17.1 Å². The Labute approximate surface area is 172 Å². The highest BCUT2D eigenvalue weighted by molar-refractivity contribution is 6.04. The van der Waals surface area contributed by atoms with Gasteiger partial charge in [-0.1, -0.05) is 0 Å². The number of carbonyl (C=O) groups excluding carboxylic acids is 2. The molecule has 0 aliphatic heterocycles. The molecule has 0 bridgehead atoms. The van der Waals surface area contributed by atoms with Crippen LogP contribution in [0.2, 0.25) is 0 Å². The molecule has 31 heavy (non-hydrogen) atoms. The third kappa shape index (κ3) is 5.17. The lowest BCUT2D eigenvalue weighted by atomic mass is 9.87. The van der Waals surface area contributed by atoms with E-state index in [1.807, 2.05) is 0 Å². The topological polar surface area (TPSA) is 90.0 Å². The van der Waals surface area contributed by atoms with Crippen molar-refractivity contribution in [1.29, 1.82) is 0 Å². The maximum Gasteiger partial charge on any atom is 0.420 e. The zero-order valence-electron chi connectivity index (χ0n) is 16.0. The van der Waals surface area contributed by atoms with E-state index in [0.29, 0.717) is 6.20 Å². The molecule has 12 heteroatoms. The molecule has 1 aromatic carbocycles. The summed E-state index contributed by atoms with van der Waals surface area (Å²) in [5.41, 5.74) is 2.21. The van der Waals surface area contributed by atoms with Crippen LogP contribution in [0, 0.1) is 11.7 Å². The summed E-state index contributed by atoms with van der Waals surface area (Å²) in [6.07, 6.45) is -5.03. The molecule has 1 aliphatic rings. The molecule has 0 atom stereocenters. The second kappa shape index (κ2) is 8.23. The van der Waals surface area contributed by atoms with Gasteiger partial charge in [0, 0.05) is 25.1 Å². The number of hydrogen-bond acceptors (Lipinski definition) is 3. The van der Waals surface area contributed by atoms with E-state index in [1.165, 1.54) is 0 Å². The molecule has 1 fully saturated rings. The van der Waals surface area contributed by atoms with Gasteiger partial charge in [-0.05, 0) is 37.0 Å². The Morgan fingerprint density at radius 3 is 2.42 bits per heavy atom. The second-order valence-electron chi connectivity index (χ2n) is 7.40. The predicted octanol–water partition coefficient (Wildman–Crippen LogP) is 4.22. The summed E-state index contributed by atoms with van der Waals surface area (Å²) in [5.74, 6) is -6.50. The van der Waals surface area contributed by atoms with E-state index >= 15 is 0 Å². The number of nitrogens with zero attached hydrogens (tertiary/aromatic N) is 2. The molecule has 0 saturated heterocycles. The fourth-order valence-electron chi connectivity index (χ4n) is 3.48. The molecule has 1 aliphatic carbocycles. The van der Waals surface area contributed by atoms with Gasteiger partial charge in [0.05, 0.1) is 11.8 Å². The molecular formula is C19H18F6N4O2. The number of carbonyl (C=O) groups is 2. The second-order valence-corrected chi connectivity index (χ2v) is 7.40. The van der Waals surface area contributed by atoms with Crippen molar-refractivity contribution in [2.45, 2.75) is 44.3 Å². The minimum atomic E-state index is -4.90. The van der Waals surface area contributed by atoms with Gasteiger partial charge in [-0.3, -0.25) is 14.3 Å². The van der Waals surface area contributed by atoms with Crippen LogP contribution in [0.3, 0.4) is 0 Å². The van der Waals surface area contributed by atoms with Crippen LogP contribution < -0.4 is 11.1 Å². The van der Waals surface area contributed by atoms with Gasteiger partial charge in [-0.15, -0.1) is 0 Å². The van der Waals surface area contributed by atoms with Crippen molar-refractivity contribution in [1.82, 2.24) is 9.78 Å². The first-order chi connectivity index (χ1) is 14.4. The molecule has 1 aromatic heterocycles. The molecule has 3 rings (SSSR count). The number of hydrogen-bond donors (Lipinski definition) is 2. The molecule has 2 aromatic rings. The molecule has 0 unspecified atom stereocenters. The first-order valence-electron chi connectivity index (χ1n) is 9.29. The molecule has 3 N–H and O–H groups in total. The van der Waals surface area contributed by atoms with E-state index in [-0.39, 0.29) is 31.0 Å². The van der Waals surface area contributed by atoms with Gasteiger partial charge < -0.3 is 11.1 Å². The Bertz CT molecular complexity index is 992. The maximum atomic E-state index is 13.9. The number of nitrogens with two attached hydrogens (primary N) is 1. The molecule has 0 spiro atoms. The van der Waals surface area contributed by atoms with E-state index in [9.17, 15) is 35.9 Å². The summed E-state index contributed by atoms with van der Waals surface area (Å²) in [7, 11) is 0. The summed E-state index contributed by atoms with van der Waals surface area (Å²) >= 11 is 0. The number of primary amides is 1. The van der Waals surface area contributed by atoms with Gasteiger partial charge in [0.2, 0.25) is 5.92 Å². The first-order valence-corrected chi connectivity index (χ1v) is 9.29. The minimum Gasteiger partial charge on any atom is -0.366 e. The fourth-order valence-corrected chi connectivity index (χ4v) is 3.48. The van der Waals surface area contributed by atoms with Crippen LogP contribution in [0.5, 0.6) is 0 Å². The van der Waals surface area contributed by atoms with Crippen molar-refractivity contribution in [3.05, 3.63) is 47.0 Å². The molecular weight excluding hydrogens is 430 g/mol. The Morgan fingerprint density at radius 2 is 1.87 bits per heavy atom. The SMILES string of the molecule is NC(=O)c1ccc(NC(=O)c2c(C(F)(F)F)cnn2CC2CCC(F)(F)CC2)cc1F. The van der Waals surface area contributed by atoms with Crippen LogP contribution in [0.25, 0.3) is 0 Å². The number of halogens is 6. The molecule has 0 radical (unpaired) electrons. The third-order valence-electron chi connectivity index (χ3n) is 5.12. The van der Waals surface area contributed by atoms with Crippen LogP contribution in [0.4, 0.5) is 32.0 Å². The summed E-state index contributed by atoms with van der Waals surface area (Å²) in [4.78, 5) is 23.7. The Kier molecular flexibility index (Phi) is 6.01. The van der Waals surface area contributed by atoms with Crippen molar-refractivity contribution in [2.75, 3.05) is 5.32 Å². The number of alkyl halides is 5. The zero-order chi connectivity index (χ0) is 23.0. The molecule has 6 nitrogen and oxygen atoms in total. The molecule has 1 saturated carbocycles. The average molecular weight is 448 g/mol. The number of aromatic nitrogens is 2. The van der Waals surface area contributed by atoms with E-state index in [2.05, 4.69) is 10.4 Å². The lowest BCUT2D eigenvalue weighted by Crippen LogP contribution is -2.29. The zero-order valence-corrected chi connectivity index (χ0v) is 16.0. The van der Waals surface area contributed by atoms with E-state index in [0.717, 1.165) is 22.9 Å². The van der Waals surface area contributed by atoms with Crippen molar-refractivity contribution in [2.24, 2.45) is 11.7 Å². The highest BCUT2D eigenvalue weighted by Crippen LogP contribution is 2.38. The van der Waals surface area contributed by atoms with Gasteiger partial charge in [0.25, 0.3) is 11.8 Å². The van der Waals surface area contributed by atoms with Crippen molar-refractivity contribution < 1.29 is 35.9 Å². The van der Waals surface area contributed by atoms with Crippen molar-refractivity contribution in [3.63, 3.8) is 0 Å². The standard InChI is InChI=1S/C19H18F6N4O2/c20-14-7-11(1-2-12(14)16(26)30)28-17(31)15-13(19(23,24)25)8-27-29(15)9-10-3-5-18(21,22)6-4-10/h1-2,7-8,10H,3-6,9H2,(H2,26,30)(H,28,31). The first kappa shape index (κ1) is 22.6. The molecule has 2 amide bonds. The smallest absolute Gasteiger partial charge is 0.366 e. The monoisotopic (exact) mass is 448 g/mol. The van der Waals surface area contributed by atoms with E-state index in [4.69, 9.17) is 5.73 Å². The molecule has 168 valence electrons. The van der Waals surface area contributed by atoms with Gasteiger partial charge in [0.15, 0.2) is 0 Å². The van der Waals surface area contributed by atoms with Crippen LogP contribution in [-0.4, -0.2) is 27.5 Å². The van der Waals surface area contributed by atoms with Crippen LogP contribution >= 0.6 is 0 Å². The average Bonchev–Trinajstić information content (AvgIpc) is 3.07. The van der Waals surface area contributed by atoms with Crippen molar-refractivity contribution >= 4 is 17.5 Å². The fraction of sp³-hybridized carbons (Fsp3) is 0.421. The number of amides is 2. The third-order valence-corrected chi connectivity index (χ3v) is 5.12. The van der Waals surface area contributed by atoms with E-state index < -0.39 is 59.4 Å². The van der Waals surface area contributed by atoms with Crippen LogP contribution in [0.15, 0.2) is 24.4 Å². The highest BCUT2D eigenvalue weighted by Gasteiger charge is 2.40. The van der Waals surface area contributed by atoms with Gasteiger partial charge >= 0.3 is 6.18 Å².